The van der Waals surface area contributed by atoms with E-state index >= 15 is 0 Å². The molecule has 3 saturated heterocycles. The van der Waals surface area contributed by atoms with Gasteiger partial charge in [0.1, 0.15) is 72.4 Å². The number of hydrogen-bond donors (Lipinski definition) is 9. The molecule has 0 bridgehead atoms. The van der Waals surface area contributed by atoms with Crippen molar-refractivity contribution in [2.24, 2.45) is 0 Å². The summed E-state index contributed by atoms with van der Waals surface area (Å²) in [6.45, 7) is -1.66. The van der Waals surface area contributed by atoms with Gasteiger partial charge < -0.3 is 79.1 Å². The smallest absolute Gasteiger partial charge is 0.341 e. The van der Waals surface area contributed by atoms with Crippen LogP contribution in [0.25, 0.3) is 0 Å². The van der Waals surface area contributed by atoms with Crippen LogP contribution < -0.4 is 4.74 Å². The van der Waals surface area contributed by atoms with Crippen molar-refractivity contribution in [1.29, 1.82) is 0 Å². The highest BCUT2D eigenvalue weighted by molar-refractivity contribution is 5.92. The maximum Gasteiger partial charge on any atom is 0.341 e. The molecule has 3 heterocycles. The van der Waals surface area contributed by atoms with Crippen molar-refractivity contribution in [2.45, 2.75) is 86.0 Å². The molecule has 17 nitrogen and oxygen atoms in total. The van der Waals surface area contributed by atoms with E-state index in [2.05, 4.69) is 0 Å². The van der Waals surface area contributed by atoms with E-state index in [0.717, 1.165) is 7.11 Å². The van der Waals surface area contributed by atoms with E-state index in [0.29, 0.717) is 0 Å². The first-order valence-corrected chi connectivity index (χ1v) is 13.1. The average Bonchev–Trinajstić information content (AvgIpc) is 2.99. The Labute approximate surface area is 238 Å². The highest BCUT2D eigenvalue weighted by Crippen LogP contribution is 2.32. The second-order valence-corrected chi connectivity index (χ2v) is 10.0. The molecule has 0 saturated carbocycles. The van der Waals surface area contributed by atoms with E-state index in [1.807, 2.05) is 0 Å². The quantitative estimate of drug-likeness (QED) is 0.119. The van der Waals surface area contributed by atoms with Crippen LogP contribution in [0, 0.1) is 0 Å². The summed E-state index contributed by atoms with van der Waals surface area (Å²) < 4.78 is 38.1. The topological polar surface area (TPSA) is 264 Å². The highest BCUT2D eigenvalue weighted by atomic mass is 16.8. The molecule has 0 amide bonds. The van der Waals surface area contributed by atoms with E-state index < -0.39 is 105 Å². The van der Waals surface area contributed by atoms with Gasteiger partial charge in [0.15, 0.2) is 18.7 Å². The van der Waals surface area contributed by atoms with Crippen molar-refractivity contribution >= 4 is 5.97 Å². The Balaban J connectivity index is 1.57. The third kappa shape index (κ3) is 6.85. The number of rotatable bonds is 9. The summed E-state index contributed by atoms with van der Waals surface area (Å²) in [5.74, 6) is -0.874. The second-order valence-electron chi connectivity index (χ2n) is 10.0. The van der Waals surface area contributed by atoms with Crippen LogP contribution in [0.15, 0.2) is 24.3 Å². The zero-order valence-corrected chi connectivity index (χ0v) is 22.3. The molecule has 9 N–H and O–H groups in total. The minimum atomic E-state index is -1.87. The summed E-state index contributed by atoms with van der Waals surface area (Å²) in [7, 11) is 1.15. The van der Waals surface area contributed by atoms with Crippen LogP contribution in [0.1, 0.15) is 10.4 Å². The summed E-state index contributed by atoms with van der Waals surface area (Å²) in [6, 6.07) is 5.80. The molecule has 3 fully saturated rings. The van der Waals surface area contributed by atoms with Crippen LogP contribution in [-0.4, -0.2) is 165 Å². The molecule has 3 aliphatic heterocycles. The number of methoxy groups -OCH3 is 1. The number of carbonyl (C=O) groups excluding carboxylic acids is 1. The third-order valence-electron chi connectivity index (χ3n) is 7.20. The number of ether oxygens (including phenoxy) is 7. The number of para-hydroxylation sites is 1. The molecular weight excluding hydrogens is 572 g/mol. The second kappa shape index (κ2) is 14.1. The lowest BCUT2D eigenvalue weighted by Crippen LogP contribution is -2.65. The SMILES string of the molecule is COC(=O)c1ccccc1O[C@@H]1O[C@H](CO[C@@H]2OC[C@@H](O)[C@H](O)[C@H]2O)[C@@H](O)[C@H](O)[C@H]1O[C@@H]1O[C@H](CO)[C@@H](O)[C@H](O)[C@H]1O. The molecule has 0 aliphatic carbocycles. The van der Waals surface area contributed by atoms with Gasteiger partial charge in [-0.2, -0.15) is 0 Å². The molecule has 3 aliphatic rings. The molecule has 0 radical (unpaired) electrons. The van der Waals surface area contributed by atoms with Crippen molar-refractivity contribution in [1.82, 2.24) is 0 Å². The monoisotopic (exact) mass is 608 g/mol. The maximum absolute atomic E-state index is 12.3. The lowest BCUT2D eigenvalue weighted by Gasteiger charge is -2.46. The molecule has 42 heavy (non-hydrogen) atoms. The van der Waals surface area contributed by atoms with Gasteiger partial charge in [-0.25, -0.2) is 4.79 Å². The normalized spacial score (nSPS) is 42.6. The summed E-state index contributed by atoms with van der Waals surface area (Å²) in [4.78, 5) is 12.3. The van der Waals surface area contributed by atoms with Crippen molar-refractivity contribution in [3.05, 3.63) is 29.8 Å². The van der Waals surface area contributed by atoms with Crippen LogP contribution in [0.3, 0.4) is 0 Å². The zero-order valence-electron chi connectivity index (χ0n) is 22.3. The Morgan fingerprint density at radius 2 is 1.45 bits per heavy atom. The van der Waals surface area contributed by atoms with Crippen LogP contribution in [0.4, 0.5) is 0 Å². The Bertz CT molecular complexity index is 1030. The molecule has 1 aromatic carbocycles. The number of esters is 1. The van der Waals surface area contributed by atoms with Gasteiger partial charge in [0.05, 0.1) is 26.9 Å². The van der Waals surface area contributed by atoms with E-state index in [9.17, 15) is 50.8 Å². The first kappa shape index (κ1) is 32.8. The maximum atomic E-state index is 12.3. The molecule has 4 rings (SSSR count). The first-order chi connectivity index (χ1) is 20.0. The van der Waals surface area contributed by atoms with E-state index in [4.69, 9.17) is 33.2 Å². The number of aliphatic hydroxyl groups excluding tert-OH is 9. The zero-order chi connectivity index (χ0) is 30.7. The molecule has 0 aromatic heterocycles. The van der Waals surface area contributed by atoms with Crippen LogP contribution in [0.5, 0.6) is 5.75 Å². The molecule has 17 heteroatoms. The predicted molar refractivity (Wildman–Crippen MR) is 131 cm³/mol. The largest absolute Gasteiger partial charge is 0.465 e. The Morgan fingerprint density at radius 3 is 2.14 bits per heavy atom. The first-order valence-electron chi connectivity index (χ1n) is 13.1. The number of benzene rings is 1. The van der Waals surface area contributed by atoms with E-state index in [1.165, 1.54) is 24.3 Å². The Morgan fingerprint density at radius 1 is 0.810 bits per heavy atom. The van der Waals surface area contributed by atoms with Gasteiger partial charge >= 0.3 is 5.97 Å². The summed E-state index contributed by atoms with van der Waals surface area (Å²) >= 11 is 0. The summed E-state index contributed by atoms with van der Waals surface area (Å²) in [6.07, 6.45) is -22.9. The van der Waals surface area contributed by atoms with Crippen molar-refractivity contribution in [3.8, 4) is 5.75 Å². The van der Waals surface area contributed by atoms with Crippen LogP contribution in [0.2, 0.25) is 0 Å². The van der Waals surface area contributed by atoms with Gasteiger partial charge in [-0.3, -0.25) is 0 Å². The summed E-state index contributed by atoms with van der Waals surface area (Å²) in [5, 5.41) is 91.8. The highest BCUT2D eigenvalue weighted by Gasteiger charge is 2.52. The molecule has 1 aromatic rings. The fraction of sp³-hybridized carbons (Fsp3) is 0.720. The number of aliphatic hydroxyl groups is 9. The minimum absolute atomic E-state index is 0.0464. The summed E-state index contributed by atoms with van der Waals surface area (Å²) in [5.41, 5.74) is -0.0464. The molecular formula is C25H36O17. The minimum Gasteiger partial charge on any atom is -0.465 e. The lowest BCUT2D eigenvalue weighted by molar-refractivity contribution is -0.361. The Hall–Kier alpha value is -2.07. The molecule has 238 valence electrons. The Kier molecular flexibility index (Phi) is 11.1. The molecule has 0 unspecified atom stereocenters. The van der Waals surface area contributed by atoms with Crippen molar-refractivity contribution < 1.29 is 83.9 Å². The van der Waals surface area contributed by atoms with E-state index in [-0.39, 0.29) is 17.9 Å². The third-order valence-corrected chi connectivity index (χ3v) is 7.20. The van der Waals surface area contributed by atoms with Crippen LogP contribution in [-0.2, 0) is 28.4 Å². The fourth-order valence-electron chi connectivity index (χ4n) is 4.71. The lowest BCUT2D eigenvalue weighted by atomic mass is 9.97. The van der Waals surface area contributed by atoms with Gasteiger partial charge in [0.25, 0.3) is 0 Å². The van der Waals surface area contributed by atoms with Gasteiger partial charge in [-0.05, 0) is 12.1 Å². The number of hydrogen-bond acceptors (Lipinski definition) is 17. The average molecular weight is 609 g/mol. The van der Waals surface area contributed by atoms with Gasteiger partial charge in [0.2, 0.25) is 6.29 Å². The fourth-order valence-corrected chi connectivity index (χ4v) is 4.71. The molecule has 0 spiro atoms. The van der Waals surface area contributed by atoms with Crippen molar-refractivity contribution in [3.63, 3.8) is 0 Å². The predicted octanol–water partition coefficient (Wildman–Crippen LogP) is -5.06. The standard InChI is InChI=1S/C25H36O17/c1-36-22(35)9-4-2-3-5-11(9)39-25-21(42-24-20(34)17(31)15(29)12(6-26)40-24)18(32)16(30)13(41-25)8-38-23-19(33)14(28)10(27)7-37-23/h2-5,10,12-21,23-34H,6-8H2,1H3/t10-,12-,13-,14+,15-,16-,17+,18+,19-,20-,21-,23+,24+,25-/m1/s1. The van der Waals surface area contributed by atoms with Gasteiger partial charge in [0, 0.05) is 0 Å². The number of carbonyl (C=O) groups is 1. The van der Waals surface area contributed by atoms with Gasteiger partial charge in [-0.15, -0.1) is 0 Å². The van der Waals surface area contributed by atoms with E-state index in [1.54, 1.807) is 0 Å². The van der Waals surface area contributed by atoms with Gasteiger partial charge in [-0.1, -0.05) is 12.1 Å². The van der Waals surface area contributed by atoms with Crippen molar-refractivity contribution in [2.75, 3.05) is 26.9 Å². The van der Waals surface area contributed by atoms with Crippen LogP contribution >= 0.6 is 0 Å². The molecule has 14 atom stereocenters.